The van der Waals surface area contributed by atoms with E-state index in [0.717, 1.165) is 0 Å². The van der Waals surface area contributed by atoms with Crippen LogP contribution in [-0.4, -0.2) is 20.1 Å². The molecule has 1 aliphatic heterocycles. The fraction of sp³-hybridized carbons (Fsp3) is 0.300. The topological polar surface area (TPSA) is 63.2 Å². The molecular formula is C10H10ClNO3S. The largest absolute Gasteiger partial charge is 0.323 e. The maximum absolute atomic E-state index is 12.0. The van der Waals surface area contributed by atoms with Gasteiger partial charge in [-0.2, -0.15) is 0 Å². The Bertz CT molecular complexity index is 553. The number of anilines is 1. The van der Waals surface area contributed by atoms with Crippen LogP contribution < -0.4 is 5.32 Å². The number of nitrogens with one attached hydrogen (secondary N) is 1. The molecule has 1 amide bonds. The molecule has 4 nitrogen and oxygen atoms in total. The minimum Gasteiger partial charge on any atom is -0.323 e. The minimum atomic E-state index is -3.45. The van der Waals surface area contributed by atoms with Crippen molar-refractivity contribution in [2.24, 2.45) is 5.92 Å². The summed E-state index contributed by atoms with van der Waals surface area (Å²) in [5.74, 6) is -1.09. The molecule has 0 radical (unpaired) electrons. The van der Waals surface area contributed by atoms with Crippen LogP contribution in [0.5, 0.6) is 0 Å². The first-order chi connectivity index (χ1) is 7.42. The molecule has 0 bridgehead atoms. The Kier molecular flexibility index (Phi) is 2.67. The summed E-state index contributed by atoms with van der Waals surface area (Å²) >= 11 is 5.88. The van der Waals surface area contributed by atoms with Crippen molar-refractivity contribution in [3.05, 3.63) is 23.2 Å². The summed E-state index contributed by atoms with van der Waals surface area (Å²) < 4.78 is 23.9. The Balaban J connectivity index is 2.70. The number of fused-ring (bicyclic) bond motifs is 1. The van der Waals surface area contributed by atoms with Gasteiger partial charge < -0.3 is 5.32 Å². The average molecular weight is 260 g/mol. The van der Waals surface area contributed by atoms with Crippen molar-refractivity contribution in [3.8, 4) is 0 Å². The summed E-state index contributed by atoms with van der Waals surface area (Å²) in [5, 5.41) is 2.79. The summed E-state index contributed by atoms with van der Waals surface area (Å²) in [6.45, 7) is 1.58. The smallest absolute Gasteiger partial charge is 0.228 e. The molecule has 86 valence electrons. The Morgan fingerprint density at radius 3 is 2.81 bits per heavy atom. The molecule has 0 spiro atoms. The zero-order chi connectivity index (χ0) is 11.9. The Morgan fingerprint density at radius 2 is 2.12 bits per heavy atom. The van der Waals surface area contributed by atoms with Gasteiger partial charge in [-0.05, 0) is 12.1 Å². The van der Waals surface area contributed by atoms with Gasteiger partial charge in [0.1, 0.15) is 0 Å². The fourth-order valence-corrected chi connectivity index (χ4v) is 3.65. The van der Waals surface area contributed by atoms with Gasteiger partial charge in [0.2, 0.25) is 5.91 Å². The Morgan fingerprint density at radius 1 is 1.44 bits per heavy atom. The van der Waals surface area contributed by atoms with Crippen LogP contribution in [0.3, 0.4) is 0 Å². The molecule has 0 aromatic heterocycles. The van der Waals surface area contributed by atoms with Gasteiger partial charge in [-0.15, -0.1) is 0 Å². The standard InChI is InChI=1S/C10H10ClNO3S/c1-6-5-16(14,15)8-4-2-3-7(11)9(8)12-10(6)13/h2-4,6H,5H2,1H3,(H,12,13). The van der Waals surface area contributed by atoms with Gasteiger partial charge in [-0.1, -0.05) is 24.6 Å². The summed E-state index contributed by atoms with van der Waals surface area (Å²) in [5.41, 5.74) is 0.193. The van der Waals surface area contributed by atoms with Crippen molar-refractivity contribution in [2.75, 3.05) is 11.1 Å². The lowest BCUT2D eigenvalue weighted by Gasteiger charge is -2.07. The summed E-state index contributed by atoms with van der Waals surface area (Å²) in [6, 6.07) is 4.56. The van der Waals surface area contributed by atoms with Crippen molar-refractivity contribution in [3.63, 3.8) is 0 Å². The van der Waals surface area contributed by atoms with Gasteiger partial charge in [0.25, 0.3) is 0 Å². The first kappa shape index (κ1) is 11.4. The van der Waals surface area contributed by atoms with Gasteiger partial charge >= 0.3 is 0 Å². The second kappa shape index (κ2) is 3.75. The number of hydrogen-bond donors (Lipinski definition) is 1. The number of halogens is 1. The number of amides is 1. The predicted molar refractivity (Wildman–Crippen MR) is 61.3 cm³/mol. The third kappa shape index (κ3) is 1.81. The van der Waals surface area contributed by atoms with E-state index in [-0.39, 0.29) is 27.3 Å². The van der Waals surface area contributed by atoms with Crippen LogP contribution in [0.25, 0.3) is 0 Å². The average Bonchev–Trinajstić information content (AvgIpc) is 2.26. The monoisotopic (exact) mass is 259 g/mol. The molecule has 0 fully saturated rings. The van der Waals surface area contributed by atoms with E-state index in [1.165, 1.54) is 6.07 Å². The van der Waals surface area contributed by atoms with E-state index in [4.69, 9.17) is 11.6 Å². The molecule has 1 unspecified atom stereocenters. The van der Waals surface area contributed by atoms with Crippen LogP contribution >= 0.6 is 11.6 Å². The Hall–Kier alpha value is -1.07. The third-order valence-corrected chi connectivity index (χ3v) is 4.74. The summed E-state index contributed by atoms with van der Waals surface area (Å²) in [6.07, 6.45) is 0. The molecule has 1 N–H and O–H groups in total. The molecule has 1 aliphatic rings. The molecule has 0 saturated heterocycles. The highest BCUT2D eigenvalue weighted by molar-refractivity contribution is 7.91. The SMILES string of the molecule is CC1CS(=O)(=O)c2cccc(Cl)c2NC1=O. The van der Waals surface area contributed by atoms with E-state index in [1.54, 1.807) is 19.1 Å². The van der Waals surface area contributed by atoms with Crippen molar-refractivity contribution >= 4 is 33.0 Å². The lowest BCUT2D eigenvalue weighted by Crippen LogP contribution is -2.22. The van der Waals surface area contributed by atoms with Gasteiger partial charge in [0, 0.05) is 5.92 Å². The van der Waals surface area contributed by atoms with Crippen molar-refractivity contribution < 1.29 is 13.2 Å². The maximum atomic E-state index is 12.0. The maximum Gasteiger partial charge on any atom is 0.228 e. The molecule has 1 aromatic carbocycles. The third-order valence-electron chi connectivity index (χ3n) is 2.48. The normalized spacial score (nSPS) is 23.1. The second-order valence-corrected chi connectivity index (χ2v) is 6.19. The quantitative estimate of drug-likeness (QED) is 0.771. The number of rotatable bonds is 0. The van der Waals surface area contributed by atoms with Gasteiger partial charge in [0.05, 0.1) is 21.4 Å². The molecular weight excluding hydrogens is 250 g/mol. The van der Waals surface area contributed by atoms with Crippen molar-refractivity contribution in [1.29, 1.82) is 0 Å². The number of para-hydroxylation sites is 1. The van der Waals surface area contributed by atoms with Crippen LogP contribution in [0.2, 0.25) is 5.02 Å². The van der Waals surface area contributed by atoms with Crippen LogP contribution in [0.1, 0.15) is 6.92 Å². The lowest BCUT2D eigenvalue weighted by molar-refractivity contribution is -0.118. The van der Waals surface area contributed by atoms with E-state index >= 15 is 0 Å². The zero-order valence-electron chi connectivity index (χ0n) is 8.53. The predicted octanol–water partition coefficient (Wildman–Crippen LogP) is 1.70. The molecule has 6 heteroatoms. The molecule has 2 rings (SSSR count). The number of benzene rings is 1. The number of hydrogen-bond acceptors (Lipinski definition) is 3. The van der Waals surface area contributed by atoms with E-state index in [0.29, 0.717) is 0 Å². The number of carbonyl (C=O) groups excluding carboxylic acids is 1. The Labute approximate surface area is 98.5 Å². The number of sulfone groups is 1. The molecule has 1 heterocycles. The van der Waals surface area contributed by atoms with E-state index in [9.17, 15) is 13.2 Å². The molecule has 1 atom stereocenters. The highest BCUT2D eigenvalue weighted by atomic mass is 35.5. The van der Waals surface area contributed by atoms with Crippen LogP contribution in [0.15, 0.2) is 23.1 Å². The zero-order valence-corrected chi connectivity index (χ0v) is 10.1. The summed E-state index contributed by atoms with van der Waals surface area (Å²) in [7, 11) is -3.45. The van der Waals surface area contributed by atoms with Crippen LogP contribution in [0.4, 0.5) is 5.69 Å². The number of carbonyl (C=O) groups is 1. The van der Waals surface area contributed by atoms with Crippen LogP contribution in [0, 0.1) is 5.92 Å². The summed E-state index contributed by atoms with van der Waals surface area (Å²) in [4.78, 5) is 11.7. The van der Waals surface area contributed by atoms with Gasteiger partial charge in [-0.3, -0.25) is 4.79 Å². The van der Waals surface area contributed by atoms with E-state index in [1.807, 2.05) is 0 Å². The molecule has 16 heavy (non-hydrogen) atoms. The first-order valence-corrected chi connectivity index (χ1v) is 6.77. The van der Waals surface area contributed by atoms with Crippen molar-refractivity contribution in [2.45, 2.75) is 11.8 Å². The van der Waals surface area contributed by atoms with Gasteiger partial charge in [0.15, 0.2) is 9.84 Å². The van der Waals surface area contributed by atoms with E-state index < -0.39 is 15.8 Å². The van der Waals surface area contributed by atoms with Gasteiger partial charge in [-0.25, -0.2) is 8.42 Å². The molecule has 0 aliphatic carbocycles. The second-order valence-electron chi connectivity index (χ2n) is 3.78. The molecule has 1 aromatic rings. The van der Waals surface area contributed by atoms with Crippen LogP contribution in [-0.2, 0) is 14.6 Å². The minimum absolute atomic E-state index is 0.0951. The van der Waals surface area contributed by atoms with E-state index in [2.05, 4.69) is 5.32 Å². The highest BCUT2D eigenvalue weighted by Crippen LogP contribution is 2.33. The molecule has 0 saturated carbocycles. The lowest BCUT2D eigenvalue weighted by atomic mass is 10.2. The highest BCUT2D eigenvalue weighted by Gasteiger charge is 2.31. The first-order valence-electron chi connectivity index (χ1n) is 4.74. The fourth-order valence-electron chi connectivity index (χ4n) is 1.63. The van der Waals surface area contributed by atoms with Crippen molar-refractivity contribution in [1.82, 2.24) is 0 Å².